The zero-order valence-corrected chi connectivity index (χ0v) is 11.2. The summed E-state index contributed by atoms with van der Waals surface area (Å²) in [4.78, 5) is 19.4. The molecule has 0 unspecified atom stereocenters. The van der Waals surface area contributed by atoms with Gasteiger partial charge in [0.15, 0.2) is 0 Å². The number of aromatic nitrogens is 6. The van der Waals surface area contributed by atoms with Gasteiger partial charge in [0.25, 0.3) is 5.56 Å². The van der Waals surface area contributed by atoms with Crippen molar-refractivity contribution in [2.24, 2.45) is 5.92 Å². The lowest BCUT2D eigenvalue weighted by molar-refractivity contribution is 0.621. The molecule has 1 aromatic carbocycles. The highest BCUT2D eigenvalue weighted by Gasteiger charge is 2.09. The molecule has 0 spiro atoms. The number of aromatic amines is 2. The molecule has 7 heteroatoms. The summed E-state index contributed by atoms with van der Waals surface area (Å²) in [6.07, 6.45) is 0.748. The third-order valence-electron chi connectivity index (χ3n) is 2.96. The lowest BCUT2D eigenvalue weighted by Gasteiger charge is -2.05. The van der Waals surface area contributed by atoms with E-state index >= 15 is 0 Å². The predicted molar refractivity (Wildman–Crippen MR) is 74.1 cm³/mol. The molecule has 0 fully saturated rings. The van der Waals surface area contributed by atoms with Gasteiger partial charge in [0.2, 0.25) is 5.82 Å². The van der Waals surface area contributed by atoms with Crippen LogP contribution in [-0.2, 0) is 6.42 Å². The second-order valence-corrected chi connectivity index (χ2v) is 5.08. The van der Waals surface area contributed by atoms with Crippen LogP contribution in [-0.4, -0.2) is 30.6 Å². The van der Waals surface area contributed by atoms with E-state index in [4.69, 9.17) is 0 Å². The Morgan fingerprint density at radius 3 is 2.85 bits per heavy atom. The maximum absolute atomic E-state index is 12.1. The molecular weight excluding hydrogens is 256 g/mol. The van der Waals surface area contributed by atoms with Gasteiger partial charge in [-0.05, 0) is 29.3 Å². The van der Waals surface area contributed by atoms with Crippen LogP contribution < -0.4 is 5.56 Å². The smallest absolute Gasteiger partial charge is 0.258 e. The lowest BCUT2D eigenvalue weighted by Crippen LogP contribution is -2.13. The monoisotopic (exact) mass is 270 g/mol. The standard InChI is InChI=1S/C13H14N6O/c1-7(2)5-11-14-10-4-3-8(12-16-18-19-17-12)6-9(10)13(20)15-11/h3-4,6-7H,5H2,1-2H3,(H,14,15,20)(H,16,17,18,19). The first-order valence-corrected chi connectivity index (χ1v) is 6.40. The quantitative estimate of drug-likeness (QED) is 0.747. The Morgan fingerprint density at radius 1 is 1.30 bits per heavy atom. The molecule has 0 aliphatic rings. The number of hydrogen-bond donors (Lipinski definition) is 2. The number of benzene rings is 1. The molecule has 102 valence electrons. The molecule has 2 aromatic heterocycles. The molecule has 0 radical (unpaired) electrons. The van der Waals surface area contributed by atoms with Gasteiger partial charge in [-0.25, -0.2) is 4.98 Å². The molecule has 0 bridgehead atoms. The Hall–Kier alpha value is -2.57. The van der Waals surface area contributed by atoms with E-state index in [1.807, 2.05) is 6.07 Å². The van der Waals surface area contributed by atoms with E-state index in [9.17, 15) is 4.79 Å². The minimum Gasteiger partial charge on any atom is -0.310 e. The van der Waals surface area contributed by atoms with Crippen LogP contribution in [0.3, 0.4) is 0 Å². The highest BCUT2D eigenvalue weighted by atomic mass is 16.1. The number of hydrogen-bond acceptors (Lipinski definition) is 5. The fourth-order valence-corrected chi connectivity index (χ4v) is 2.09. The molecule has 0 saturated carbocycles. The van der Waals surface area contributed by atoms with Crippen molar-refractivity contribution in [2.45, 2.75) is 20.3 Å². The molecular formula is C13H14N6O. The summed E-state index contributed by atoms with van der Waals surface area (Å²) >= 11 is 0. The lowest BCUT2D eigenvalue weighted by atomic mass is 10.1. The number of rotatable bonds is 3. The fourth-order valence-electron chi connectivity index (χ4n) is 2.09. The van der Waals surface area contributed by atoms with E-state index in [0.29, 0.717) is 28.5 Å². The molecule has 0 aliphatic heterocycles. The van der Waals surface area contributed by atoms with Gasteiger partial charge < -0.3 is 4.98 Å². The average Bonchev–Trinajstić information content (AvgIpc) is 2.91. The first-order valence-electron chi connectivity index (χ1n) is 6.40. The van der Waals surface area contributed by atoms with Crippen LogP contribution in [0.25, 0.3) is 22.3 Å². The van der Waals surface area contributed by atoms with E-state index in [1.54, 1.807) is 12.1 Å². The zero-order valence-electron chi connectivity index (χ0n) is 11.2. The normalized spacial score (nSPS) is 11.3. The summed E-state index contributed by atoms with van der Waals surface area (Å²) in [6, 6.07) is 5.37. The van der Waals surface area contributed by atoms with Crippen LogP contribution in [0, 0.1) is 5.92 Å². The second kappa shape index (κ2) is 4.84. The van der Waals surface area contributed by atoms with Gasteiger partial charge in [0, 0.05) is 12.0 Å². The Kier molecular flexibility index (Phi) is 3.02. The van der Waals surface area contributed by atoms with Crippen molar-refractivity contribution >= 4 is 10.9 Å². The minimum atomic E-state index is -0.143. The maximum atomic E-state index is 12.1. The van der Waals surface area contributed by atoms with Crippen LogP contribution in [0.5, 0.6) is 0 Å². The first kappa shape index (κ1) is 12.5. The predicted octanol–water partition coefficient (Wildman–Crippen LogP) is 1.30. The van der Waals surface area contributed by atoms with E-state index in [0.717, 1.165) is 12.0 Å². The first-order chi connectivity index (χ1) is 9.63. The fraction of sp³-hybridized carbons (Fsp3) is 0.308. The molecule has 0 aliphatic carbocycles. The van der Waals surface area contributed by atoms with Crippen molar-refractivity contribution in [1.82, 2.24) is 30.6 Å². The summed E-state index contributed by atoms with van der Waals surface area (Å²) in [7, 11) is 0. The highest BCUT2D eigenvalue weighted by Crippen LogP contribution is 2.18. The van der Waals surface area contributed by atoms with Crippen LogP contribution >= 0.6 is 0 Å². The molecule has 2 N–H and O–H groups in total. The van der Waals surface area contributed by atoms with Crippen molar-refractivity contribution in [3.63, 3.8) is 0 Å². The van der Waals surface area contributed by atoms with E-state index < -0.39 is 0 Å². The Bertz CT molecular complexity index is 790. The molecule has 3 aromatic rings. The van der Waals surface area contributed by atoms with Crippen molar-refractivity contribution in [2.75, 3.05) is 0 Å². The van der Waals surface area contributed by atoms with E-state index in [1.165, 1.54) is 0 Å². The van der Waals surface area contributed by atoms with Crippen molar-refractivity contribution in [3.8, 4) is 11.4 Å². The summed E-state index contributed by atoms with van der Waals surface area (Å²) < 4.78 is 0. The Balaban J connectivity index is 2.12. The van der Waals surface area contributed by atoms with Gasteiger partial charge in [0.05, 0.1) is 10.9 Å². The number of fused-ring (bicyclic) bond motifs is 1. The van der Waals surface area contributed by atoms with E-state index in [2.05, 4.69) is 44.4 Å². The van der Waals surface area contributed by atoms with E-state index in [-0.39, 0.29) is 5.56 Å². The SMILES string of the molecule is CC(C)Cc1nc2ccc(-c3nn[nH]n3)cc2c(=O)[nH]1. The van der Waals surface area contributed by atoms with Gasteiger partial charge in [-0.1, -0.05) is 13.8 Å². The number of H-pyrrole nitrogens is 2. The number of tetrazole rings is 1. The molecule has 20 heavy (non-hydrogen) atoms. The maximum Gasteiger partial charge on any atom is 0.258 e. The van der Waals surface area contributed by atoms with Crippen molar-refractivity contribution in [3.05, 3.63) is 34.4 Å². The van der Waals surface area contributed by atoms with Gasteiger partial charge in [-0.15, -0.1) is 10.2 Å². The molecule has 2 heterocycles. The number of nitrogens with one attached hydrogen (secondary N) is 2. The molecule has 0 atom stereocenters. The molecule has 0 saturated heterocycles. The Labute approximate surface area is 114 Å². The van der Waals surface area contributed by atoms with Crippen molar-refractivity contribution in [1.29, 1.82) is 0 Å². The summed E-state index contributed by atoms with van der Waals surface area (Å²) in [5.41, 5.74) is 1.27. The largest absolute Gasteiger partial charge is 0.310 e. The zero-order chi connectivity index (χ0) is 14.1. The van der Waals surface area contributed by atoms with Gasteiger partial charge >= 0.3 is 0 Å². The second-order valence-electron chi connectivity index (χ2n) is 5.08. The Morgan fingerprint density at radius 2 is 2.15 bits per heavy atom. The number of nitrogens with zero attached hydrogens (tertiary/aromatic N) is 4. The highest BCUT2D eigenvalue weighted by molar-refractivity contribution is 5.82. The van der Waals surface area contributed by atoms with Crippen LogP contribution in [0.1, 0.15) is 19.7 Å². The van der Waals surface area contributed by atoms with Gasteiger partial charge in [-0.2, -0.15) is 5.21 Å². The van der Waals surface area contributed by atoms with Gasteiger partial charge in [0.1, 0.15) is 5.82 Å². The third-order valence-corrected chi connectivity index (χ3v) is 2.96. The van der Waals surface area contributed by atoms with Crippen molar-refractivity contribution < 1.29 is 0 Å². The topological polar surface area (TPSA) is 100 Å². The summed E-state index contributed by atoms with van der Waals surface area (Å²) in [5.74, 6) is 1.61. The molecule has 3 rings (SSSR count). The molecule has 0 amide bonds. The summed E-state index contributed by atoms with van der Waals surface area (Å²) in [6.45, 7) is 4.17. The third kappa shape index (κ3) is 2.29. The van der Waals surface area contributed by atoms with Crippen LogP contribution in [0.15, 0.2) is 23.0 Å². The van der Waals surface area contributed by atoms with Crippen LogP contribution in [0.4, 0.5) is 0 Å². The van der Waals surface area contributed by atoms with Crippen LogP contribution in [0.2, 0.25) is 0 Å². The van der Waals surface area contributed by atoms with Gasteiger partial charge in [-0.3, -0.25) is 4.79 Å². The minimum absolute atomic E-state index is 0.143. The summed E-state index contributed by atoms with van der Waals surface area (Å²) in [5, 5.41) is 14.2. The average molecular weight is 270 g/mol. The molecule has 7 nitrogen and oxygen atoms in total.